The molecule has 98 valence electrons. The second-order valence-corrected chi connectivity index (χ2v) is 4.72. The van der Waals surface area contributed by atoms with Crippen molar-refractivity contribution >= 4 is 39.6 Å². The Hall–Kier alpha value is -2.53. The Morgan fingerprint density at radius 3 is 2.70 bits per heavy atom. The summed E-state index contributed by atoms with van der Waals surface area (Å²) < 4.78 is 0. The second kappa shape index (κ2) is 5.22. The summed E-state index contributed by atoms with van der Waals surface area (Å²) in [5.41, 5.74) is 7.08. The van der Waals surface area contributed by atoms with Crippen LogP contribution in [-0.4, -0.2) is 15.0 Å². The SMILES string of the molecule is NC(=S)c1ccnc(Nc2cccc3ccccc23)n1. The van der Waals surface area contributed by atoms with Crippen LogP contribution in [0.5, 0.6) is 0 Å². The highest BCUT2D eigenvalue weighted by molar-refractivity contribution is 7.80. The molecule has 0 unspecified atom stereocenters. The molecular formula is C15H12N4S. The van der Waals surface area contributed by atoms with Gasteiger partial charge in [-0.1, -0.05) is 48.6 Å². The number of rotatable bonds is 3. The van der Waals surface area contributed by atoms with Crippen LogP contribution in [0, 0.1) is 0 Å². The average molecular weight is 280 g/mol. The van der Waals surface area contributed by atoms with Crippen molar-refractivity contribution in [3.8, 4) is 0 Å². The lowest BCUT2D eigenvalue weighted by Gasteiger charge is -2.09. The standard InChI is InChI=1S/C15H12N4S/c16-14(20)13-8-9-17-15(19-13)18-12-7-3-5-10-4-1-2-6-11(10)12/h1-9H,(H2,16,20)(H,17,18,19). The monoisotopic (exact) mass is 280 g/mol. The number of hydrogen-bond donors (Lipinski definition) is 2. The summed E-state index contributed by atoms with van der Waals surface area (Å²) in [5, 5.41) is 5.47. The maximum absolute atomic E-state index is 5.58. The van der Waals surface area contributed by atoms with Crippen molar-refractivity contribution in [2.24, 2.45) is 5.73 Å². The highest BCUT2D eigenvalue weighted by atomic mass is 32.1. The number of nitrogens with two attached hydrogens (primary N) is 1. The lowest BCUT2D eigenvalue weighted by molar-refractivity contribution is 1.15. The maximum atomic E-state index is 5.58. The van der Waals surface area contributed by atoms with E-state index in [9.17, 15) is 0 Å². The number of anilines is 2. The van der Waals surface area contributed by atoms with Crippen molar-refractivity contribution in [3.05, 3.63) is 60.4 Å². The minimum absolute atomic E-state index is 0.258. The van der Waals surface area contributed by atoms with Crippen LogP contribution < -0.4 is 11.1 Å². The van der Waals surface area contributed by atoms with Crippen LogP contribution in [-0.2, 0) is 0 Å². The Balaban J connectivity index is 2.01. The first-order valence-corrected chi connectivity index (χ1v) is 6.52. The van der Waals surface area contributed by atoms with Crippen LogP contribution in [0.2, 0.25) is 0 Å². The zero-order valence-corrected chi connectivity index (χ0v) is 11.4. The van der Waals surface area contributed by atoms with Crippen molar-refractivity contribution in [2.45, 2.75) is 0 Å². The molecule has 20 heavy (non-hydrogen) atoms. The van der Waals surface area contributed by atoms with Crippen molar-refractivity contribution < 1.29 is 0 Å². The molecule has 0 aliphatic carbocycles. The van der Waals surface area contributed by atoms with Gasteiger partial charge in [0.15, 0.2) is 0 Å². The van der Waals surface area contributed by atoms with E-state index in [1.54, 1.807) is 12.3 Å². The largest absolute Gasteiger partial charge is 0.388 e. The number of nitrogens with zero attached hydrogens (tertiary/aromatic N) is 2. The lowest BCUT2D eigenvalue weighted by atomic mass is 10.1. The van der Waals surface area contributed by atoms with Crippen LogP contribution in [0.15, 0.2) is 54.7 Å². The van der Waals surface area contributed by atoms with Crippen molar-refractivity contribution in [1.29, 1.82) is 0 Å². The highest BCUT2D eigenvalue weighted by Crippen LogP contribution is 2.24. The summed E-state index contributed by atoms with van der Waals surface area (Å²) in [6.07, 6.45) is 1.63. The molecule has 0 saturated carbocycles. The summed E-state index contributed by atoms with van der Waals surface area (Å²) in [7, 11) is 0. The van der Waals surface area contributed by atoms with Gasteiger partial charge in [-0.05, 0) is 17.5 Å². The second-order valence-electron chi connectivity index (χ2n) is 4.28. The summed E-state index contributed by atoms with van der Waals surface area (Å²) in [4.78, 5) is 8.73. The van der Waals surface area contributed by atoms with E-state index in [1.807, 2.05) is 24.3 Å². The Kier molecular flexibility index (Phi) is 3.26. The van der Waals surface area contributed by atoms with Gasteiger partial charge in [-0.3, -0.25) is 0 Å². The Labute approximate surface area is 121 Å². The van der Waals surface area contributed by atoms with E-state index in [2.05, 4.69) is 33.5 Å². The Morgan fingerprint density at radius 1 is 1.05 bits per heavy atom. The van der Waals surface area contributed by atoms with E-state index in [1.165, 1.54) is 0 Å². The minimum Gasteiger partial charge on any atom is -0.388 e. The van der Waals surface area contributed by atoms with Gasteiger partial charge in [0.25, 0.3) is 0 Å². The van der Waals surface area contributed by atoms with Crippen LogP contribution in [0.1, 0.15) is 5.69 Å². The van der Waals surface area contributed by atoms with Gasteiger partial charge in [-0.15, -0.1) is 0 Å². The molecule has 4 nitrogen and oxygen atoms in total. The Bertz CT molecular complexity index is 780. The van der Waals surface area contributed by atoms with Gasteiger partial charge in [0.1, 0.15) is 10.7 Å². The molecule has 2 aromatic carbocycles. The van der Waals surface area contributed by atoms with Crippen LogP contribution >= 0.6 is 12.2 Å². The first-order valence-electron chi connectivity index (χ1n) is 6.12. The van der Waals surface area contributed by atoms with Crippen molar-refractivity contribution in [3.63, 3.8) is 0 Å². The summed E-state index contributed by atoms with van der Waals surface area (Å²) in [6, 6.07) is 15.8. The molecule has 0 aliphatic heterocycles. The summed E-state index contributed by atoms with van der Waals surface area (Å²) in [6.45, 7) is 0. The third kappa shape index (κ3) is 2.44. The van der Waals surface area contributed by atoms with Gasteiger partial charge >= 0.3 is 0 Å². The maximum Gasteiger partial charge on any atom is 0.227 e. The third-order valence-electron chi connectivity index (χ3n) is 2.94. The molecule has 3 N–H and O–H groups in total. The fourth-order valence-corrected chi connectivity index (χ4v) is 2.12. The van der Waals surface area contributed by atoms with E-state index in [4.69, 9.17) is 18.0 Å². The highest BCUT2D eigenvalue weighted by Gasteiger charge is 2.04. The quantitative estimate of drug-likeness (QED) is 0.722. The zero-order valence-electron chi connectivity index (χ0n) is 10.6. The topological polar surface area (TPSA) is 63.8 Å². The van der Waals surface area contributed by atoms with Gasteiger partial charge in [0, 0.05) is 17.3 Å². The van der Waals surface area contributed by atoms with Crippen LogP contribution in [0.4, 0.5) is 11.6 Å². The van der Waals surface area contributed by atoms with E-state index in [0.717, 1.165) is 16.5 Å². The fourth-order valence-electron chi connectivity index (χ4n) is 2.01. The number of aromatic nitrogens is 2. The molecule has 3 aromatic rings. The van der Waals surface area contributed by atoms with Gasteiger partial charge in [-0.25, -0.2) is 9.97 Å². The zero-order chi connectivity index (χ0) is 13.9. The lowest BCUT2D eigenvalue weighted by Crippen LogP contribution is -2.12. The predicted octanol–water partition coefficient (Wildman–Crippen LogP) is 3.01. The first kappa shape index (κ1) is 12.5. The minimum atomic E-state index is 0.258. The molecule has 1 aromatic heterocycles. The molecule has 0 aliphatic rings. The number of fused-ring (bicyclic) bond motifs is 1. The molecule has 1 heterocycles. The third-order valence-corrected chi connectivity index (χ3v) is 3.15. The molecule has 0 spiro atoms. The van der Waals surface area contributed by atoms with E-state index < -0.39 is 0 Å². The molecular weight excluding hydrogens is 268 g/mol. The van der Waals surface area contributed by atoms with Gasteiger partial charge in [0.05, 0.1) is 0 Å². The summed E-state index contributed by atoms with van der Waals surface area (Å²) >= 11 is 4.92. The molecule has 5 heteroatoms. The van der Waals surface area contributed by atoms with Crippen molar-refractivity contribution in [2.75, 3.05) is 5.32 Å². The molecule has 0 bridgehead atoms. The molecule has 3 rings (SSSR count). The molecule has 0 amide bonds. The molecule has 0 saturated heterocycles. The smallest absolute Gasteiger partial charge is 0.227 e. The number of nitrogens with one attached hydrogen (secondary N) is 1. The molecule has 0 atom stereocenters. The number of hydrogen-bond acceptors (Lipinski definition) is 4. The number of benzene rings is 2. The van der Waals surface area contributed by atoms with Crippen LogP contribution in [0.3, 0.4) is 0 Å². The fraction of sp³-hybridized carbons (Fsp3) is 0. The number of thiocarbonyl (C=S) groups is 1. The Morgan fingerprint density at radius 2 is 1.85 bits per heavy atom. The van der Waals surface area contributed by atoms with Crippen LogP contribution in [0.25, 0.3) is 10.8 Å². The van der Waals surface area contributed by atoms with E-state index in [0.29, 0.717) is 11.6 Å². The van der Waals surface area contributed by atoms with Gasteiger partial charge in [-0.2, -0.15) is 0 Å². The molecule has 0 fully saturated rings. The van der Waals surface area contributed by atoms with Gasteiger partial charge in [0.2, 0.25) is 5.95 Å². The normalized spacial score (nSPS) is 10.4. The summed E-state index contributed by atoms with van der Waals surface area (Å²) in [5.74, 6) is 0.478. The molecule has 0 radical (unpaired) electrons. The van der Waals surface area contributed by atoms with E-state index >= 15 is 0 Å². The predicted molar refractivity (Wildman–Crippen MR) is 85.2 cm³/mol. The van der Waals surface area contributed by atoms with Crippen molar-refractivity contribution in [1.82, 2.24) is 9.97 Å². The van der Waals surface area contributed by atoms with Gasteiger partial charge < -0.3 is 11.1 Å². The first-order chi connectivity index (χ1) is 9.74. The van der Waals surface area contributed by atoms with E-state index in [-0.39, 0.29) is 4.99 Å². The average Bonchev–Trinajstić information content (AvgIpc) is 2.48.